The molecule has 1 aliphatic carbocycles. The molecule has 3 rings (SSSR count). The van der Waals surface area contributed by atoms with Crippen LogP contribution < -0.4 is 5.73 Å². The van der Waals surface area contributed by atoms with Crippen molar-refractivity contribution in [3.63, 3.8) is 0 Å². The van der Waals surface area contributed by atoms with Crippen LogP contribution in [0, 0.1) is 0 Å². The van der Waals surface area contributed by atoms with Gasteiger partial charge in [-0.1, -0.05) is 6.07 Å². The summed E-state index contributed by atoms with van der Waals surface area (Å²) in [5.74, 6) is 1.55. The molecule has 4 nitrogen and oxygen atoms in total. The van der Waals surface area contributed by atoms with Gasteiger partial charge in [0.25, 0.3) is 0 Å². The van der Waals surface area contributed by atoms with Gasteiger partial charge >= 0.3 is 0 Å². The third-order valence-electron chi connectivity index (χ3n) is 3.21. The Morgan fingerprint density at radius 1 is 1.39 bits per heavy atom. The van der Waals surface area contributed by atoms with Gasteiger partial charge in [-0.3, -0.25) is 0 Å². The minimum Gasteiger partial charge on any atom is -0.328 e. The lowest BCUT2D eigenvalue weighted by Crippen LogP contribution is -2.17. The molecule has 0 aliphatic heterocycles. The molecule has 0 radical (unpaired) electrons. The van der Waals surface area contributed by atoms with Crippen LogP contribution >= 0.6 is 0 Å². The molecule has 2 aromatic heterocycles. The van der Waals surface area contributed by atoms with E-state index in [1.807, 2.05) is 30.1 Å². The summed E-state index contributed by atoms with van der Waals surface area (Å²) in [7, 11) is 0. The summed E-state index contributed by atoms with van der Waals surface area (Å²) in [5.41, 5.74) is 8.13. The molecule has 0 spiro atoms. The van der Waals surface area contributed by atoms with E-state index in [0.29, 0.717) is 5.92 Å². The van der Waals surface area contributed by atoms with Gasteiger partial charge in [-0.05, 0) is 43.9 Å². The number of aromatic nitrogens is 3. The number of nitrogens with zero attached hydrogens (tertiary/aromatic N) is 3. The first-order valence-corrected chi connectivity index (χ1v) is 6.49. The summed E-state index contributed by atoms with van der Waals surface area (Å²) in [6.45, 7) is 2.00. The second-order valence-electron chi connectivity index (χ2n) is 5.17. The minimum absolute atomic E-state index is 0.170. The molecule has 2 N–H and O–H groups in total. The Kier molecular flexibility index (Phi) is 2.88. The van der Waals surface area contributed by atoms with Crippen molar-refractivity contribution >= 4 is 0 Å². The predicted molar refractivity (Wildman–Crippen MR) is 70.7 cm³/mol. The topological polar surface area (TPSA) is 56.7 Å². The molecule has 1 aliphatic rings. The second-order valence-corrected chi connectivity index (χ2v) is 5.17. The van der Waals surface area contributed by atoms with Crippen molar-refractivity contribution in [1.82, 2.24) is 14.8 Å². The minimum atomic E-state index is 0.170. The molecule has 0 saturated heterocycles. The summed E-state index contributed by atoms with van der Waals surface area (Å²) in [5, 5.41) is 4.56. The third-order valence-corrected chi connectivity index (χ3v) is 3.21. The first kappa shape index (κ1) is 11.4. The Balaban J connectivity index is 1.78. The zero-order chi connectivity index (χ0) is 12.5. The molecular weight excluding hydrogens is 224 g/mol. The van der Waals surface area contributed by atoms with E-state index in [2.05, 4.69) is 22.2 Å². The van der Waals surface area contributed by atoms with Crippen LogP contribution in [0.5, 0.6) is 0 Å². The summed E-state index contributed by atoms with van der Waals surface area (Å²) < 4.78 is 1.85. The molecule has 18 heavy (non-hydrogen) atoms. The van der Waals surface area contributed by atoms with Crippen LogP contribution in [-0.4, -0.2) is 20.8 Å². The number of hydrogen-bond acceptors (Lipinski definition) is 3. The van der Waals surface area contributed by atoms with Gasteiger partial charge in [0.2, 0.25) is 0 Å². The Labute approximate surface area is 107 Å². The fourth-order valence-corrected chi connectivity index (χ4v) is 2.11. The van der Waals surface area contributed by atoms with Crippen molar-refractivity contribution in [2.45, 2.75) is 38.1 Å². The van der Waals surface area contributed by atoms with Crippen LogP contribution in [0.1, 0.15) is 36.9 Å². The maximum Gasteiger partial charge on any atom is 0.153 e. The van der Waals surface area contributed by atoms with Crippen molar-refractivity contribution in [3.8, 4) is 5.82 Å². The quantitative estimate of drug-likeness (QED) is 0.892. The second kappa shape index (κ2) is 4.53. The number of hydrogen-bond donors (Lipinski definition) is 1. The van der Waals surface area contributed by atoms with Crippen molar-refractivity contribution in [2.75, 3.05) is 0 Å². The van der Waals surface area contributed by atoms with Crippen molar-refractivity contribution < 1.29 is 0 Å². The maximum absolute atomic E-state index is 5.77. The summed E-state index contributed by atoms with van der Waals surface area (Å²) in [6, 6.07) is 6.34. The molecule has 1 atom stereocenters. The molecule has 0 bridgehead atoms. The van der Waals surface area contributed by atoms with E-state index in [1.54, 1.807) is 0 Å². The highest BCUT2D eigenvalue weighted by Crippen LogP contribution is 2.38. The molecular formula is C14H18N4. The highest BCUT2D eigenvalue weighted by atomic mass is 15.3. The summed E-state index contributed by atoms with van der Waals surface area (Å²) in [4.78, 5) is 4.44. The zero-order valence-corrected chi connectivity index (χ0v) is 10.6. The van der Waals surface area contributed by atoms with Crippen LogP contribution in [0.4, 0.5) is 0 Å². The highest BCUT2D eigenvalue weighted by molar-refractivity contribution is 5.26. The lowest BCUT2D eigenvalue weighted by molar-refractivity contribution is 0.733. The fraction of sp³-hybridized carbons (Fsp3) is 0.429. The van der Waals surface area contributed by atoms with Crippen LogP contribution in [0.2, 0.25) is 0 Å². The van der Waals surface area contributed by atoms with E-state index in [1.165, 1.54) is 24.1 Å². The maximum atomic E-state index is 5.77. The lowest BCUT2D eigenvalue weighted by Gasteiger charge is -2.05. The van der Waals surface area contributed by atoms with Crippen molar-refractivity contribution in [2.24, 2.45) is 5.73 Å². The van der Waals surface area contributed by atoms with Crippen LogP contribution in [0.3, 0.4) is 0 Å². The molecule has 0 amide bonds. The monoisotopic (exact) mass is 242 g/mol. The summed E-state index contributed by atoms with van der Waals surface area (Å²) in [6.07, 6.45) is 7.29. The number of pyridine rings is 1. The van der Waals surface area contributed by atoms with Gasteiger partial charge in [-0.25, -0.2) is 9.67 Å². The first-order valence-electron chi connectivity index (χ1n) is 6.49. The predicted octanol–water partition coefficient (Wildman–Crippen LogP) is 2.03. The van der Waals surface area contributed by atoms with Gasteiger partial charge in [0.15, 0.2) is 5.82 Å². The first-order chi connectivity index (χ1) is 8.72. The van der Waals surface area contributed by atoms with E-state index in [-0.39, 0.29) is 6.04 Å². The van der Waals surface area contributed by atoms with Crippen LogP contribution in [0.25, 0.3) is 5.82 Å². The Morgan fingerprint density at radius 3 is 2.83 bits per heavy atom. The van der Waals surface area contributed by atoms with E-state index in [4.69, 9.17) is 5.73 Å². The smallest absolute Gasteiger partial charge is 0.153 e. The van der Waals surface area contributed by atoms with Gasteiger partial charge in [0.05, 0.1) is 5.69 Å². The molecule has 0 aromatic carbocycles. The van der Waals surface area contributed by atoms with Gasteiger partial charge in [-0.2, -0.15) is 5.10 Å². The highest BCUT2D eigenvalue weighted by Gasteiger charge is 2.25. The van der Waals surface area contributed by atoms with Crippen molar-refractivity contribution in [1.29, 1.82) is 0 Å². The Morgan fingerprint density at radius 2 is 2.22 bits per heavy atom. The fourth-order valence-electron chi connectivity index (χ4n) is 2.11. The Hall–Kier alpha value is -1.68. The SMILES string of the molecule is CC(N)Cc1ccc(-n2ccc(C3CC3)n2)nc1. The third kappa shape index (κ3) is 2.43. The Bertz CT molecular complexity index is 523. The van der Waals surface area contributed by atoms with Crippen LogP contribution in [0.15, 0.2) is 30.6 Å². The van der Waals surface area contributed by atoms with Gasteiger partial charge < -0.3 is 5.73 Å². The molecule has 1 unspecified atom stereocenters. The van der Waals surface area contributed by atoms with Gasteiger partial charge in [0.1, 0.15) is 0 Å². The summed E-state index contributed by atoms with van der Waals surface area (Å²) >= 11 is 0. The molecule has 1 saturated carbocycles. The lowest BCUT2D eigenvalue weighted by atomic mass is 10.1. The van der Waals surface area contributed by atoms with E-state index < -0.39 is 0 Å². The molecule has 94 valence electrons. The van der Waals surface area contributed by atoms with E-state index in [9.17, 15) is 0 Å². The van der Waals surface area contributed by atoms with Gasteiger partial charge in [0, 0.05) is 24.4 Å². The normalized spacial score (nSPS) is 16.8. The van der Waals surface area contributed by atoms with Crippen LogP contribution in [-0.2, 0) is 6.42 Å². The van der Waals surface area contributed by atoms with Crippen molar-refractivity contribution in [3.05, 3.63) is 41.9 Å². The van der Waals surface area contributed by atoms with E-state index in [0.717, 1.165) is 12.2 Å². The standard InChI is InChI=1S/C14H18N4/c1-10(15)8-11-2-5-14(16-9-11)18-7-6-13(17-18)12-3-4-12/h2,5-7,9-10,12H,3-4,8,15H2,1H3. The molecule has 2 heterocycles. The van der Waals surface area contributed by atoms with Gasteiger partial charge in [-0.15, -0.1) is 0 Å². The molecule has 1 fully saturated rings. The average molecular weight is 242 g/mol. The largest absolute Gasteiger partial charge is 0.328 e. The zero-order valence-electron chi connectivity index (χ0n) is 10.6. The molecule has 4 heteroatoms. The average Bonchev–Trinajstić information content (AvgIpc) is 3.08. The number of nitrogens with two attached hydrogens (primary N) is 1. The molecule has 2 aromatic rings. The van der Waals surface area contributed by atoms with E-state index >= 15 is 0 Å². The number of rotatable bonds is 4.